The first-order valence-electron chi connectivity index (χ1n) is 15.0. The molecule has 0 aliphatic carbocycles. The lowest BCUT2D eigenvalue weighted by Crippen LogP contribution is -2.55. The van der Waals surface area contributed by atoms with Crippen molar-refractivity contribution in [2.45, 2.75) is 44.2 Å². The molecule has 1 aromatic heterocycles. The molecule has 2 saturated heterocycles. The number of benzene rings is 1. The van der Waals surface area contributed by atoms with Gasteiger partial charge in [-0.25, -0.2) is 22.6 Å². The van der Waals surface area contributed by atoms with Gasteiger partial charge in [-0.2, -0.15) is 5.10 Å². The number of carboxylic acid groups (broad SMARTS) is 2. The maximum Gasteiger partial charge on any atom is 0.407 e. The van der Waals surface area contributed by atoms with E-state index in [4.69, 9.17) is 4.74 Å². The molecule has 2 unspecified atom stereocenters. The summed E-state index contributed by atoms with van der Waals surface area (Å²) in [5.74, 6) is -5.03. The molecule has 3 heterocycles. The van der Waals surface area contributed by atoms with Crippen molar-refractivity contribution in [3.05, 3.63) is 41.8 Å². The van der Waals surface area contributed by atoms with Crippen LogP contribution < -0.4 is 15.4 Å². The molecule has 1 aromatic carbocycles. The second kappa shape index (κ2) is 16.0. The zero-order valence-electron chi connectivity index (χ0n) is 25.5. The van der Waals surface area contributed by atoms with Crippen molar-refractivity contribution < 1.29 is 56.9 Å². The highest BCUT2D eigenvalue weighted by molar-refractivity contribution is 5.96. The van der Waals surface area contributed by atoms with Crippen LogP contribution in [-0.2, 0) is 19.2 Å². The molecule has 2 atom stereocenters. The van der Waals surface area contributed by atoms with Crippen LogP contribution in [0.1, 0.15) is 36.2 Å². The Kier molecular flexibility index (Phi) is 11.8. The Hall–Kier alpha value is -5.36. The summed E-state index contributed by atoms with van der Waals surface area (Å²) in [5.41, 5.74) is -0.243. The van der Waals surface area contributed by atoms with Crippen molar-refractivity contribution >= 4 is 35.7 Å². The fraction of sp³-hybridized carbons (Fsp3) is 0.483. The first-order valence-corrected chi connectivity index (χ1v) is 15.0. The van der Waals surface area contributed by atoms with Crippen LogP contribution in [0.3, 0.4) is 0 Å². The average Bonchev–Trinajstić information content (AvgIpc) is 3.72. The second-order valence-electron chi connectivity index (χ2n) is 11.0. The summed E-state index contributed by atoms with van der Waals surface area (Å²) in [5, 5.41) is 27.1. The number of likely N-dealkylation sites (tertiary alicyclic amines) is 1. The van der Waals surface area contributed by atoms with Gasteiger partial charge in [0.15, 0.2) is 12.3 Å². The molecule has 0 bridgehead atoms. The number of halogens is 3. The second-order valence-corrected chi connectivity index (χ2v) is 11.0. The first-order chi connectivity index (χ1) is 22.8. The lowest BCUT2D eigenvalue weighted by molar-refractivity contribution is -0.140. The largest absolute Gasteiger partial charge is 0.481 e. The summed E-state index contributed by atoms with van der Waals surface area (Å²) in [6.45, 7) is -1.26. The average molecular weight is 682 g/mol. The molecular weight excluding hydrogens is 647 g/mol. The lowest BCUT2D eigenvalue weighted by atomic mass is 10.1. The summed E-state index contributed by atoms with van der Waals surface area (Å²) in [4.78, 5) is 78.2. The lowest BCUT2D eigenvalue weighted by Gasteiger charge is -2.35. The molecule has 4 N–H and O–H groups in total. The smallest absolute Gasteiger partial charge is 0.407 e. The number of amides is 5. The van der Waals surface area contributed by atoms with E-state index in [9.17, 15) is 52.2 Å². The summed E-state index contributed by atoms with van der Waals surface area (Å²) in [6.07, 6.45) is -3.98. The van der Waals surface area contributed by atoms with Gasteiger partial charge in [0, 0.05) is 45.2 Å². The van der Waals surface area contributed by atoms with E-state index in [1.807, 2.05) is 0 Å². The zero-order chi connectivity index (χ0) is 35.0. The molecule has 0 saturated carbocycles. The van der Waals surface area contributed by atoms with Gasteiger partial charge in [0.2, 0.25) is 17.7 Å². The van der Waals surface area contributed by atoms with Crippen molar-refractivity contribution in [1.82, 2.24) is 35.1 Å². The number of aromatic nitrogens is 2. The van der Waals surface area contributed by atoms with Gasteiger partial charge in [-0.3, -0.25) is 24.0 Å². The highest BCUT2D eigenvalue weighted by Gasteiger charge is 2.35. The van der Waals surface area contributed by atoms with Crippen LogP contribution in [0, 0.1) is 5.82 Å². The molecular formula is C29H34F3N7O9. The van der Waals surface area contributed by atoms with Gasteiger partial charge in [-0.05, 0) is 37.5 Å². The van der Waals surface area contributed by atoms with Crippen LogP contribution in [0.4, 0.5) is 18.0 Å². The minimum Gasteiger partial charge on any atom is -0.481 e. The molecule has 4 rings (SSSR count). The Balaban J connectivity index is 1.51. The molecule has 2 aliphatic rings. The normalized spacial score (nSPS) is 16.8. The molecule has 16 nitrogen and oxygen atoms in total. The van der Waals surface area contributed by atoms with Crippen LogP contribution >= 0.6 is 0 Å². The van der Waals surface area contributed by atoms with Crippen molar-refractivity contribution in [2.24, 2.45) is 0 Å². The number of carboxylic acids is 1. The minimum absolute atomic E-state index is 0.0243. The maximum absolute atomic E-state index is 14.1. The molecule has 2 aromatic rings. The third kappa shape index (κ3) is 9.13. The Morgan fingerprint density at radius 1 is 1.00 bits per heavy atom. The van der Waals surface area contributed by atoms with Gasteiger partial charge in [0.05, 0.1) is 12.2 Å². The van der Waals surface area contributed by atoms with E-state index in [2.05, 4.69) is 15.7 Å². The van der Waals surface area contributed by atoms with E-state index in [1.165, 1.54) is 21.9 Å². The predicted octanol–water partition coefficient (Wildman–Crippen LogP) is 0.548. The number of aliphatic carboxylic acids is 1. The first kappa shape index (κ1) is 35.5. The predicted molar refractivity (Wildman–Crippen MR) is 157 cm³/mol. The van der Waals surface area contributed by atoms with E-state index in [1.54, 1.807) is 0 Å². The highest BCUT2D eigenvalue weighted by atomic mass is 19.3. The Morgan fingerprint density at radius 3 is 2.35 bits per heavy atom. The van der Waals surface area contributed by atoms with Gasteiger partial charge in [-0.1, -0.05) is 6.07 Å². The van der Waals surface area contributed by atoms with Crippen molar-refractivity contribution in [1.29, 1.82) is 0 Å². The number of ether oxygens (including phenoxy) is 1. The van der Waals surface area contributed by atoms with Crippen LogP contribution in [0.5, 0.6) is 5.88 Å². The van der Waals surface area contributed by atoms with Crippen molar-refractivity contribution in [3.63, 3.8) is 0 Å². The summed E-state index contributed by atoms with van der Waals surface area (Å²) >= 11 is 0. The van der Waals surface area contributed by atoms with Gasteiger partial charge >= 0.3 is 12.1 Å². The minimum atomic E-state index is -2.77. The van der Waals surface area contributed by atoms with Gasteiger partial charge in [0.1, 0.15) is 17.9 Å². The maximum atomic E-state index is 14.1. The molecule has 2 aliphatic heterocycles. The van der Waals surface area contributed by atoms with Crippen LogP contribution in [0.15, 0.2) is 30.3 Å². The Labute approximate surface area is 271 Å². The molecule has 48 heavy (non-hydrogen) atoms. The third-order valence-electron chi connectivity index (χ3n) is 7.72. The number of alkyl halides is 2. The third-order valence-corrected chi connectivity index (χ3v) is 7.72. The number of nitrogens with zero attached hydrogens (tertiary/aromatic N) is 5. The SMILES string of the molecule is O=C(O)CCC(NC(=O)c1cc(OCC(=O)N2CCCC2C(=O)NCC(F)F)n(-c2cccc(F)c2)n1)C(=O)N1CCN(C(=O)O)CC1. The highest BCUT2D eigenvalue weighted by Crippen LogP contribution is 2.23. The van der Waals surface area contributed by atoms with E-state index in [-0.39, 0.29) is 62.8 Å². The quantitative estimate of drug-likeness (QED) is 0.231. The molecule has 19 heteroatoms. The molecule has 5 amide bonds. The molecule has 0 radical (unpaired) electrons. The number of nitrogens with one attached hydrogen (secondary N) is 2. The number of hydrogen-bond acceptors (Lipinski definition) is 8. The van der Waals surface area contributed by atoms with Gasteiger partial charge in [0.25, 0.3) is 18.2 Å². The Bertz CT molecular complexity index is 1530. The fourth-order valence-corrected chi connectivity index (χ4v) is 5.32. The number of carbonyl (C=O) groups is 6. The number of hydrogen-bond donors (Lipinski definition) is 4. The number of piperazine rings is 1. The van der Waals surface area contributed by atoms with Crippen LogP contribution in [-0.4, -0.2) is 135 Å². The summed E-state index contributed by atoms with van der Waals surface area (Å²) in [7, 11) is 0. The van der Waals surface area contributed by atoms with E-state index >= 15 is 0 Å². The zero-order valence-corrected chi connectivity index (χ0v) is 25.5. The van der Waals surface area contributed by atoms with Gasteiger partial charge < -0.3 is 40.3 Å². The van der Waals surface area contributed by atoms with E-state index in [0.29, 0.717) is 6.42 Å². The summed E-state index contributed by atoms with van der Waals surface area (Å²) in [6, 6.07) is 3.84. The van der Waals surface area contributed by atoms with Crippen molar-refractivity contribution in [2.75, 3.05) is 45.9 Å². The van der Waals surface area contributed by atoms with Gasteiger partial charge in [-0.15, -0.1) is 0 Å². The fourth-order valence-electron chi connectivity index (χ4n) is 5.32. The molecule has 260 valence electrons. The van der Waals surface area contributed by atoms with Crippen LogP contribution in [0.2, 0.25) is 0 Å². The summed E-state index contributed by atoms with van der Waals surface area (Å²) < 4.78 is 46.0. The number of rotatable bonds is 13. The molecule has 2 fully saturated rings. The van der Waals surface area contributed by atoms with E-state index in [0.717, 1.165) is 27.8 Å². The Morgan fingerprint density at radius 2 is 1.71 bits per heavy atom. The standard InChI is InChI=1S/C29H34F3N7O9/c30-17-3-1-4-18(13-17)39-24(48-16-23(40)38-8-2-5-21(38)27(44)33-15-22(31)32)14-20(35-39)26(43)34-19(6-7-25(41)42)28(45)36-9-11-37(12-10-36)29(46)47/h1,3-4,13-14,19,21-22H,2,5-12,15-16H2,(H,33,44)(H,34,43)(H,41,42)(H,46,47). The topological polar surface area (TPSA) is 204 Å². The van der Waals surface area contributed by atoms with Crippen molar-refractivity contribution in [3.8, 4) is 11.6 Å². The van der Waals surface area contributed by atoms with E-state index < -0.39 is 79.6 Å². The number of carbonyl (C=O) groups excluding carboxylic acids is 4. The van der Waals surface area contributed by atoms with Crippen LogP contribution in [0.25, 0.3) is 5.69 Å². The molecule has 0 spiro atoms. The monoisotopic (exact) mass is 681 g/mol.